The van der Waals surface area contributed by atoms with E-state index in [1.54, 1.807) is 0 Å². The maximum Gasteiger partial charge on any atom is 0.534 e. The molecular weight excluding hydrogens is 148 g/mol. The molecule has 0 aromatic carbocycles. The zero-order chi connectivity index (χ0) is 7.98. The third-order valence-electron chi connectivity index (χ3n) is 0.271. The third-order valence-corrected chi connectivity index (χ3v) is 0.271. The summed E-state index contributed by atoms with van der Waals surface area (Å²) in [5.41, 5.74) is 0. The van der Waals surface area contributed by atoms with Crippen LogP contribution in [-0.4, -0.2) is 22.5 Å². The van der Waals surface area contributed by atoms with Crippen molar-refractivity contribution in [3.8, 4) is 0 Å². The molecule has 0 atom stereocenters. The van der Waals surface area contributed by atoms with E-state index >= 15 is 0 Å². The Balaban J connectivity index is 3.38. The highest BCUT2D eigenvalue weighted by molar-refractivity contribution is 5.56. The van der Waals surface area contributed by atoms with Gasteiger partial charge in [0.25, 0.3) is 0 Å². The van der Waals surface area contributed by atoms with Gasteiger partial charge in [0, 0.05) is 0 Å². The van der Waals surface area contributed by atoms with Crippen LogP contribution < -0.4 is 0 Å². The average Bonchev–Trinajstić information content (AvgIpc) is 1.79. The second-order valence-corrected chi connectivity index (χ2v) is 0.878. The fourth-order valence-electron chi connectivity index (χ4n) is 0.103. The highest BCUT2D eigenvalue weighted by Crippen LogP contribution is 1.82. The molecule has 2 N–H and O–H groups in total. The summed E-state index contributed by atoms with van der Waals surface area (Å²) >= 11 is 0. The van der Waals surface area contributed by atoms with Crippen molar-refractivity contribution in [3.05, 3.63) is 0 Å². The highest BCUT2D eigenvalue weighted by atomic mass is 16.8. The molecule has 8 nitrogen and oxygen atoms in total. The smallest absolute Gasteiger partial charge is 0.448 e. The number of rotatable bonds is 2. The van der Waals surface area contributed by atoms with E-state index in [-0.39, 0.29) is 0 Å². The van der Waals surface area contributed by atoms with Gasteiger partial charge in [-0.2, -0.15) is 0 Å². The van der Waals surface area contributed by atoms with E-state index in [2.05, 4.69) is 20.2 Å². The number of carbonyl (C=O) groups is 2. The minimum atomic E-state index is -1.71. The molecule has 0 bridgehead atoms. The molecule has 0 radical (unpaired) electrons. The Hall–Kier alpha value is -1.86. The Morgan fingerprint density at radius 1 is 1.00 bits per heavy atom. The second kappa shape index (κ2) is 4.06. The highest BCUT2D eigenvalue weighted by Gasteiger charge is 1.94. The van der Waals surface area contributed by atoms with Gasteiger partial charge in [-0.25, -0.2) is 9.59 Å². The third kappa shape index (κ3) is 6.14. The summed E-state index contributed by atoms with van der Waals surface area (Å²) in [5, 5.41) is 20.1. The molecule has 0 unspecified atom stereocenters. The van der Waals surface area contributed by atoms with Gasteiger partial charge in [-0.05, 0) is 0 Å². The van der Waals surface area contributed by atoms with E-state index in [0.717, 1.165) is 0 Å². The number of hydrogen-bond donors (Lipinski definition) is 2. The zero-order valence-electron chi connectivity index (χ0n) is 4.42. The van der Waals surface area contributed by atoms with Crippen LogP contribution in [-0.2, 0) is 9.68 Å². The topological polar surface area (TPSA) is 118 Å². The number of nitrogens with zero attached hydrogens (tertiary/aromatic N) is 2. The van der Waals surface area contributed by atoms with Crippen molar-refractivity contribution < 1.29 is 29.5 Å². The molecule has 0 aliphatic rings. The fraction of sp³-hybridized carbons (Fsp3) is 0. The predicted molar refractivity (Wildman–Crippen MR) is 23.1 cm³/mol. The number of hydrogen-bond acceptors (Lipinski definition) is 6. The Morgan fingerprint density at radius 2 is 1.30 bits per heavy atom. The van der Waals surface area contributed by atoms with E-state index in [1.807, 2.05) is 0 Å². The molecule has 0 spiro atoms. The first-order valence-electron chi connectivity index (χ1n) is 1.83. The Bertz CT molecular complexity index is 145. The van der Waals surface area contributed by atoms with Gasteiger partial charge in [0.1, 0.15) is 0 Å². The van der Waals surface area contributed by atoms with Crippen LogP contribution in [0.1, 0.15) is 0 Å². The molecule has 0 aromatic heterocycles. The standard InChI is InChI=1S/C2H2N2O6/c5-1(6)9-3-4-10-2(7)8/h(H,5,6)(H,7,8)/b4-3+. The molecule has 0 fully saturated rings. The molecule has 0 saturated carbocycles. The van der Waals surface area contributed by atoms with Crippen LogP contribution in [0.15, 0.2) is 10.6 Å². The SMILES string of the molecule is O=C(O)O/N=N/OC(=O)O. The lowest BCUT2D eigenvalue weighted by Gasteiger charge is -1.83. The second-order valence-electron chi connectivity index (χ2n) is 0.878. The summed E-state index contributed by atoms with van der Waals surface area (Å²) in [4.78, 5) is 25.7. The van der Waals surface area contributed by atoms with Crippen LogP contribution in [0, 0.1) is 0 Å². The Labute approximate surface area is 53.6 Å². The van der Waals surface area contributed by atoms with Gasteiger partial charge < -0.3 is 10.2 Å². The molecule has 56 valence electrons. The first kappa shape index (κ1) is 8.14. The first-order chi connectivity index (χ1) is 4.63. The van der Waals surface area contributed by atoms with E-state index < -0.39 is 12.3 Å². The fourth-order valence-corrected chi connectivity index (χ4v) is 0.103. The molecular formula is C2H2N2O6. The Morgan fingerprint density at radius 3 is 1.50 bits per heavy atom. The van der Waals surface area contributed by atoms with E-state index in [9.17, 15) is 9.59 Å². The molecule has 0 aromatic rings. The molecule has 0 rings (SSSR count). The molecule has 0 heterocycles. The minimum absolute atomic E-state index is 1.71. The first-order valence-corrected chi connectivity index (χ1v) is 1.83. The van der Waals surface area contributed by atoms with Crippen LogP contribution in [0.4, 0.5) is 9.59 Å². The molecule has 8 heteroatoms. The van der Waals surface area contributed by atoms with Gasteiger partial charge in [0.2, 0.25) is 0 Å². The normalized spacial score (nSPS) is 9.20. The molecule has 0 aliphatic heterocycles. The van der Waals surface area contributed by atoms with Crippen LogP contribution in [0.2, 0.25) is 0 Å². The van der Waals surface area contributed by atoms with Gasteiger partial charge >= 0.3 is 12.3 Å². The minimum Gasteiger partial charge on any atom is -0.448 e. The average molecular weight is 150 g/mol. The van der Waals surface area contributed by atoms with Crippen LogP contribution >= 0.6 is 0 Å². The molecule has 10 heavy (non-hydrogen) atoms. The summed E-state index contributed by atoms with van der Waals surface area (Å²) in [6.07, 6.45) is -3.42. The van der Waals surface area contributed by atoms with Gasteiger partial charge in [-0.3, -0.25) is 9.68 Å². The van der Waals surface area contributed by atoms with E-state index in [4.69, 9.17) is 10.2 Å². The van der Waals surface area contributed by atoms with Crippen molar-refractivity contribution in [2.75, 3.05) is 0 Å². The monoisotopic (exact) mass is 150 g/mol. The van der Waals surface area contributed by atoms with Crippen molar-refractivity contribution in [3.63, 3.8) is 0 Å². The van der Waals surface area contributed by atoms with Gasteiger partial charge in [-0.1, -0.05) is 0 Å². The zero-order valence-corrected chi connectivity index (χ0v) is 4.42. The van der Waals surface area contributed by atoms with Crippen molar-refractivity contribution in [1.29, 1.82) is 0 Å². The summed E-state index contributed by atoms with van der Waals surface area (Å²) in [7, 11) is 0. The van der Waals surface area contributed by atoms with Crippen molar-refractivity contribution >= 4 is 12.3 Å². The number of carboxylic acid groups (broad SMARTS) is 2. The van der Waals surface area contributed by atoms with Gasteiger partial charge in [0.15, 0.2) is 0 Å². The lowest BCUT2D eigenvalue weighted by molar-refractivity contribution is 0.0431. The van der Waals surface area contributed by atoms with Crippen LogP contribution in [0.5, 0.6) is 0 Å². The molecule has 0 aliphatic carbocycles. The lowest BCUT2D eigenvalue weighted by atomic mass is 11.4. The quantitative estimate of drug-likeness (QED) is 0.440. The Kier molecular flexibility index (Phi) is 3.31. The summed E-state index contributed by atoms with van der Waals surface area (Å²) in [6, 6.07) is 0. The van der Waals surface area contributed by atoms with E-state index in [1.165, 1.54) is 0 Å². The molecule has 0 saturated heterocycles. The maximum absolute atomic E-state index is 9.47. The van der Waals surface area contributed by atoms with Crippen molar-refractivity contribution in [2.45, 2.75) is 0 Å². The predicted octanol–water partition coefficient (Wildman–Crippen LogP) is 0.658. The van der Waals surface area contributed by atoms with Crippen LogP contribution in [0.3, 0.4) is 0 Å². The van der Waals surface area contributed by atoms with Crippen molar-refractivity contribution in [2.24, 2.45) is 10.6 Å². The largest absolute Gasteiger partial charge is 0.534 e. The van der Waals surface area contributed by atoms with Gasteiger partial charge in [-0.15, -0.1) is 0 Å². The summed E-state index contributed by atoms with van der Waals surface area (Å²) in [6.45, 7) is 0. The summed E-state index contributed by atoms with van der Waals surface area (Å²) < 4.78 is 0. The van der Waals surface area contributed by atoms with Crippen molar-refractivity contribution in [1.82, 2.24) is 0 Å². The maximum atomic E-state index is 9.47. The summed E-state index contributed by atoms with van der Waals surface area (Å²) in [5.74, 6) is 0. The van der Waals surface area contributed by atoms with E-state index in [0.29, 0.717) is 0 Å². The molecule has 0 amide bonds. The van der Waals surface area contributed by atoms with Gasteiger partial charge in [0.05, 0.1) is 10.6 Å². The van der Waals surface area contributed by atoms with Crippen LogP contribution in [0.25, 0.3) is 0 Å². The lowest BCUT2D eigenvalue weighted by Crippen LogP contribution is -1.94.